The van der Waals surface area contributed by atoms with Crippen LogP contribution in [0.3, 0.4) is 0 Å². The summed E-state index contributed by atoms with van der Waals surface area (Å²) >= 11 is 0. The average molecular weight is 291 g/mol. The van der Waals surface area contributed by atoms with Gasteiger partial charge in [0.15, 0.2) is 0 Å². The number of aliphatic hydroxyl groups excluding tert-OH is 1. The Labute approximate surface area is 128 Å². The van der Waals surface area contributed by atoms with Gasteiger partial charge in [0.05, 0.1) is 12.2 Å². The van der Waals surface area contributed by atoms with Gasteiger partial charge in [0.25, 0.3) is 0 Å². The number of hydrogen-bond acceptors (Lipinski definition) is 2. The summed E-state index contributed by atoms with van der Waals surface area (Å²) in [5.74, 6) is 5.93. The Bertz CT molecular complexity index is 490. The molecule has 0 aliphatic rings. The van der Waals surface area contributed by atoms with Crippen LogP contribution in [0.25, 0.3) is 0 Å². The highest BCUT2D eigenvalue weighted by atomic mass is 19.1. The van der Waals surface area contributed by atoms with Crippen molar-refractivity contribution in [1.29, 1.82) is 0 Å². The van der Waals surface area contributed by atoms with Gasteiger partial charge in [-0.3, -0.25) is 4.90 Å². The lowest BCUT2D eigenvalue weighted by Gasteiger charge is -2.23. The van der Waals surface area contributed by atoms with Crippen molar-refractivity contribution in [1.82, 2.24) is 4.90 Å². The van der Waals surface area contributed by atoms with Crippen molar-refractivity contribution in [3.8, 4) is 11.8 Å². The molecule has 0 saturated carbocycles. The van der Waals surface area contributed by atoms with Crippen LogP contribution in [0.15, 0.2) is 18.2 Å². The molecule has 1 N–H and O–H groups in total. The van der Waals surface area contributed by atoms with E-state index in [0.717, 1.165) is 31.6 Å². The molecule has 0 aliphatic heterocycles. The number of benzene rings is 1. The Morgan fingerprint density at radius 2 is 2.10 bits per heavy atom. The third kappa shape index (κ3) is 6.29. The van der Waals surface area contributed by atoms with Crippen molar-refractivity contribution in [2.45, 2.75) is 40.2 Å². The second-order valence-electron chi connectivity index (χ2n) is 5.43. The number of nitrogens with zero attached hydrogens (tertiary/aromatic N) is 1. The van der Waals surface area contributed by atoms with Gasteiger partial charge in [-0.1, -0.05) is 45.1 Å². The smallest absolute Gasteiger partial charge is 0.138 e. The Balaban J connectivity index is 2.79. The van der Waals surface area contributed by atoms with Gasteiger partial charge in [-0.05, 0) is 30.2 Å². The summed E-state index contributed by atoms with van der Waals surface area (Å²) in [5.41, 5.74) is 1.50. The lowest BCUT2D eigenvalue weighted by Crippen LogP contribution is -2.27. The molecule has 0 radical (unpaired) electrons. The molecule has 0 saturated heterocycles. The van der Waals surface area contributed by atoms with E-state index in [-0.39, 0.29) is 12.4 Å². The van der Waals surface area contributed by atoms with E-state index in [2.05, 4.69) is 37.5 Å². The Hall–Kier alpha value is -1.37. The molecule has 21 heavy (non-hydrogen) atoms. The summed E-state index contributed by atoms with van der Waals surface area (Å²) in [5, 5.41) is 8.72. The Kier molecular flexibility index (Phi) is 8.04. The van der Waals surface area contributed by atoms with E-state index in [1.807, 2.05) is 12.1 Å². The minimum absolute atomic E-state index is 0.00677. The fourth-order valence-electron chi connectivity index (χ4n) is 2.11. The number of rotatable bonds is 7. The molecule has 0 aliphatic carbocycles. The molecule has 116 valence electrons. The van der Waals surface area contributed by atoms with E-state index in [1.54, 1.807) is 0 Å². The van der Waals surface area contributed by atoms with Crippen molar-refractivity contribution in [3.63, 3.8) is 0 Å². The van der Waals surface area contributed by atoms with E-state index in [4.69, 9.17) is 5.11 Å². The highest BCUT2D eigenvalue weighted by Crippen LogP contribution is 2.13. The minimum atomic E-state index is -0.297. The zero-order valence-corrected chi connectivity index (χ0v) is 13.3. The van der Waals surface area contributed by atoms with Gasteiger partial charge in [0.2, 0.25) is 0 Å². The molecule has 0 amide bonds. The van der Waals surface area contributed by atoms with Gasteiger partial charge in [0.1, 0.15) is 5.82 Å². The highest BCUT2D eigenvalue weighted by Gasteiger charge is 2.09. The lowest BCUT2D eigenvalue weighted by atomic mass is 10.1. The van der Waals surface area contributed by atoms with Crippen LogP contribution < -0.4 is 0 Å². The maximum Gasteiger partial charge on any atom is 0.138 e. The topological polar surface area (TPSA) is 23.5 Å². The zero-order valence-electron chi connectivity index (χ0n) is 13.3. The van der Waals surface area contributed by atoms with Gasteiger partial charge in [-0.15, -0.1) is 0 Å². The standard InChI is InChI=1S/C18H26FNO/c1-4-15(3)13-20(5-2)14-16-9-10-18(19)17(12-16)8-6-7-11-21/h9-10,12,15,21H,4-5,7,11,13-14H2,1-3H3. The maximum absolute atomic E-state index is 13.7. The van der Waals surface area contributed by atoms with Crippen LogP contribution in [0.2, 0.25) is 0 Å². The molecule has 2 nitrogen and oxygen atoms in total. The third-order valence-corrected chi connectivity index (χ3v) is 3.61. The van der Waals surface area contributed by atoms with Gasteiger partial charge >= 0.3 is 0 Å². The van der Waals surface area contributed by atoms with Crippen LogP contribution in [-0.2, 0) is 6.54 Å². The average Bonchev–Trinajstić information content (AvgIpc) is 2.49. The summed E-state index contributed by atoms with van der Waals surface area (Å²) < 4.78 is 13.7. The minimum Gasteiger partial charge on any atom is -0.395 e. The molecule has 1 aromatic rings. The number of halogens is 1. The van der Waals surface area contributed by atoms with Crippen LogP contribution >= 0.6 is 0 Å². The van der Waals surface area contributed by atoms with Gasteiger partial charge in [0, 0.05) is 19.5 Å². The van der Waals surface area contributed by atoms with Crippen LogP contribution in [0.4, 0.5) is 4.39 Å². The first-order valence-corrected chi connectivity index (χ1v) is 7.71. The van der Waals surface area contributed by atoms with E-state index in [9.17, 15) is 4.39 Å². The fourth-order valence-corrected chi connectivity index (χ4v) is 2.11. The Morgan fingerprint density at radius 3 is 2.71 bits per heavy atom. The molecule has 3 heteroatoms. The predicted octanol–water partition coefficient (Wildman–Crippen LogP) is 3.43. The van der Waals surface area contributed by atoms with Crippen LogP contribution in [0.5, 0.6) is 0 Å². The van der Waals surface area contributed by atoms with Crippen molar-refractivity contribution in [2.75, 3.05) is 19.7 Å². The molecular formula is C18H26FNO. The highest BCUT2D eigenvalue weighted by molar-refractivity contribution is 5.38. The zero-order chi connectivity index (χ0) is 15.7. The number of hydrogen-bond donors (Lipinski definition) is 1. The quantitative estimate of drug-likeness (QED) is 0.778. The van der Waals surface area contributed by atoms with Crippen LogP contribution in [-0.4, -0.2) is 29.7 Å². The molecule has 1 atom stereocenters. The first-order valence-electron chi connectivity index (χ1n) is 7.71. The number of aliphatic hydroxyl groups is 1. The Morgan fingerprint density at radius 1 is 1.33 bits per heavy atom. The van der Waals surface area contributed by atoms with Crippen LogP contribution in [0.1, 0.15) is 44.7 Å². The molecule has 0 aromatic heterocycles. The van der Waals surface area contributed by atoms with Crippen LogP contribution in [0, 0.1) is 23.6 Å². The largest absolute Gasteiger partial charge is 0.395 e. The molecule has 1 unspecified atom stereocenters. The van der Waals surface area contributed by atoms with E-state index < -0.39 is 0 Å². The summed E-state index contributed by atoms with van der Waals surface area (Å²) in [7, 11) is 0. The summed E-state index contributed by atoms with van der Waals surface area (Å²) in [6.45, 7) is 9.45. The third-order valence-electron chi connectivity index (χ3n) is 3.61. The first kappa shape index (κ1) is 17.7. The van der Waals surface area contributed by atoms with E-state index in [0.29, 0.717) is 17.9 Å². The van der Waals surface area contributed by atoms with Gasteiger partial charge in [-0.25, -0.2) is 4.39 Å². The SMILES string of the molecule is CCC(C)CN(CC)Cc1ccc(F)c(C#CCCO)c1. The second kappa shape index (κ2) is 9.55. The summed E-state index contributed by atoms with van der Waals surface area (Å²) in [6.07, 6.45) is 1.54. The van der Waals surface area contributed by atoms with Gasteiger partial charge < -0.3 is 5.11 Å². The van der Waals surface area contributed by atoms with E-state index in [1.165, 1.54) is 6.07 Å². The van der Waals surface area contributed by atoms with E-state index >= 15 is 0 Å². The van der Waals surface area contributed by atoms with Crippen molar-refractivity contribution >= 4 is 0 Å². The van der Waals surface area contributed by atoms with Crippen molar-refractivity contribution < 1.29 is 9.50 Å². The first-order chi connectivity index (χ1) is 10.1. The summed E-state index contributed by atoms with van der Waals surface area (Å²) in [4.78, 5) is 2.37. The molecule has 0 fully saturated rings. The molecular weight excluding hydrogens is 265 g/mol. The van der Waals surface area contributed by atoms with Crippen molar-refractivity contribution in [3.05, 3.63) is 35.1 Å². The lowest BCUT2D eigenvalue weighted by molar-refractivity contribution is 0.238. The monoisotopic (exact) mass is 291 g/mol. The van der Waals surface area contributed by atoms with Crippen molar-refractivity contribution in [2.24, 2.45) is 5.92 Å². The molecule has 0 spiro atoms. The van der Waals surface area contributed by atoms with Gasteiger partial charge in [-0.2, -0.15) is 0 Å². The molecule has 1 aromatic carbocycles. The molecule has 1 rings (SSSR count). The predicted molar refractivity (Wildman–Crippen MR) is 85.4 cm³/mol. The molecule has 0 heterocycles. The normalized spacial score (nSPS) is 12.1. The second-order valence-corrected chi connectivity index (χ2v) is 5.43. The summed E-state index contributed by atoms with van der Waals surface area (Å²) in [6, 6.07) is 5.13. The fraction of sp³-hybridized carbons (Fsp3) is 0.556. The molecule has 0 bridgehead atoms. The maximum atomic E-state index is 13.7.